The molecule has 2 rings (SSSR count). The number of carbonyl (C=O) groups excluding carboxylic acids is 1. The second-order valence-corrected chi connectivity index (χ2v) is 5.74. The van der Waals surface area contributed by atoms with E-state index >= 15 is 0 Å². The lowest BCUT2D eigenvalue weighted by Crippen LogP contribution is -2.26. The number of nitrogens with zero attached hydrogens (tertiary/aromatic N) is 2. The Bertz CT molecular complexity index is 634. The maximum Gasteiger partial charge on any atom is 0.294 e. The summed E-state index contributed by atoms with van der Waals surface area (Å²) in [5.74, 6) is -0.346. The van der Waals surface area contributed by atoms with Gasteiger partial charge in [-0.05, 0) is 37.6 Å². The van der Waals surface area contributed by atoms with E-state index in [1.165, 1.54) is 29.3 Å². The van der Waals surface area contributed by atoms with Crippen molar-refractivity contribution in [2.45, 2.75) is 25.2 Å². The van der Waals surface area contributed by atoms with Crippen molar-refractivity contribution in [1.82, 2.24) is 0 Å². The Morgan fingerprint density at radius 1 is 1.32 bits per heavy atom. The Balaban J connectivity index is 2.32. The molecule has 1 N–H and O–H groups in total. The zero-order valence-corrected chi connectivity index (χ0v) is 11.4. The highest BCUT2D eigenvalue weighted by atomic mass is 32.2. The van der Waals surface area contributed by atoms with Crippen molar-refractivity contribution in [3.63, 3.8) is 0 Å². The summed E-state index contributed by atoms with van der Waals surface area (Å²) in [5, 5.41) is 5.43. The number of hydrogen-bond acceptors (Lipinski definition) is 4. The highest BCUT2D eigenvalue weighted by Crippen LogP contribution is 2.26. The van der Waals surface area contributed by atoms with Gasteiger partial charge >= 0.3 is 0 Å². The fraction of sp³-hybridized carbons (Fsp3) is 0.333. The predicted molar refractivity (Wildman–Crippen MR) is 70.6 cm³/mol. The second-order valence-electron chi connectivity index (χ2n) is 4.32. The molecule has 19 heavy (non-hydrogen) atoms. The van der Waals surface area contributed by atoms with Crippen LogP contribution < -0.4 is 5.01 Å². The van der Waals surface area contributed by atoms with Crippen molar-refractivity contribution in [3.8, 4) is 0 Å². The van der Waals surface area contributed by atoms with E-state index in [1.807, 2.05) is 6.92 Å². The summed E-state index contributed by atoms with van der Waals surface area (Å²) < 4.78 is 30.7. The summed E-state index contributed by atoms with van der Waals surface area (Å²) in [4.78, 5) is 11.9. The first kappa shape index (κ1) is 13.7. The minimum atomic E-state index is -4.22. The third-order valence-corrected chi connectivity index (χ3v) is 3.92. The van der Waals surface area contributed by atoms with Gasteiger partial charge in [-0.1, -0.05) is 6.92 Å². The van der Waals surface area contributed by atoms with Crippen molar-refractivity contribution < 1.29 is 17.8 Å². The minimum Gasteiger partial charge on any atom is -0.282 e. The molecule has 0 radical (unpaired) electrons. The average molecular weight is 282 g/mol. The summed E-state index contributed by atoms with van der Waals surface area (Å²) in [7, 11) is -4.22. The van der Waals surface area contributed by atoms with Gasteiger partial charge in [-0.3, -0.25) is 9.35 Å². The van der Waals surface area contributed by atoms with E-state index in [0.29, 0.717) is 12.1 Å². The summed E-state index contributed by atoms with van der Waals surface area (Å²) in [6.07, 6.45) is 0.674. The molecule has 1 aliphatic rings. The smallest absolute Gasteiger partial charge is 0.282 e. The van der Waals surface area contributed by atoms with Crippen LogP contribution in [0, 0.1) is 5.92 Å². The van der Waals surface area contributed by atoms with E-state index in [9.17, 15) is 13.2 Å². The third-order valence-electron chi connectivity index (χ3n) is 3.06. The van der Waals surface area contributed by atoms with Gasteiger partial charge in [0.25, 0.3) is 16.0 Å². The van der Waals surface area contributed by atoms with Gasteiger partial charge in [-0.25, -0.2) is 5.01 Å². The zero-order valence-electron chi connectivity index (χ0n) is 10.6. The Labute approximate surface area is 111 Å². The number of carbonyl (C=O) groups is 1. The molecule has 1 aromatic carbocycles. The van der Waals surface area contributed by atoms with Crippen LogP contribution in [0.4, 0.5) is 5.69 Å². The quantitative estimate of drug-likeness (QED) is 0.854. The number of anilines is 1. The fourth-order valence-electron chi connectivity index (χ4n) is 2.02. The van der Waals surface area contributed by atoms with Crippen LogP contribution in [-0.4, -0.2) is 24.6 Å². The second kappa shape index (κ2) is 4.75. The van der Waals surface area contributed by atoms with Crippen molar-refractivity contribution >= 4 is 27.4 Å². The van der Waals surface area contributed by atoms with Gasteiger partial charge in [-0.15, -0.1) is 0 Å². The molecule has 1 aromatic rings. The van der Waals surface area contributed by atoms with Crippen LogP contribution in [0.2, 0.25) is 0 Å². The molecule has 0 bridgehead atoms. The van der Waals surface area contributed by atoms with Crippen LogP contribution in [-0.2, 0) is 14.9 Å². The molecule has 1 aliphatic heterocycles. The minimum absolute atomic E-state index is 0.125. The lowest BCUT2D eigenvalue weighted by atomic mass is 10.0. The molecule has 6 nitrogen and oxygen atoms in total. The largest absolute Gasteiger partial charge is 0.294 e. The Morgan fingerprint density at radius 2 is 1.89 bits per heavy atom. The summed E-state index contributed by atoms with van der Waals surface area (Å²) in [5.41, 5.74) is 1.22. The lowest BCUT2D eigenvalue weighted by Gasteiger charge is -2.13. The highest BCUT2D eigenvalue weighted by Gasteiger charge is 2.32. The van der Waals surface area contributed by atoms with Crippen LogP contribution in [0.5, 0.6) is 0 Å². The normalized spacial score (nSPS) is 19.7. The molecule has 1 heterocycles. The van der Waals surface area contributed by atoms with E-state index in [4.69, 9.17) is 4.55 Å². The van der Waals surface area contributed by atoms with Gasteiger partial charge in [0.15, 0.2) is 0 Å². The van der Waals surface area contributed by atoms with Gasteiger partial charge in [0.05, 0.1) is 16.5 Å². The van der Waals surface area contributed by atoms with E-state index in [-0.39, 0.29) is 16.7 Å². The summed E-state index contributed by atoms with van der Waals surface area (Å²) in [6.45, 7) is 3.70. The molecular formula is C12H14N2O4S. The monoisotopic (exact) mass is 282 g/mol. The van der Waals surface area contributed by atoms with E-state index < -0.39 is 10.1 Å². The molecule has 1 amide bonds. The number of amides is 1. The summed E-state index contributed by atoms with van der Waals surface area (Å²) >= 11 is 0. The summed E-state index contributed by atoms with van der Waals surface area (Å²) in [6, 6.07) is 5.36. The Morgan fingerprint density at radius 3 is 2.32 bits per heavy atom. The molecule has 102 valence electrons. The van der Waals surface area contributed by atoms with Crippen LogP contribution >= 0.6 is 0 Å². The number of hydrazone groups is 1. The van der Waals surface area contributed by atoms with Gasteiger partial charge in [0.2, 0.25) is 0 Å². The lowest BCUT2D eigenvalue weighted by molar-refractivity contribution is -0.119. The SMILES string of the molecule is CCC1C(=O)N(c2ccc(S(=O)(=O)O)cc2)N=C1C. The molecule has 0 fully saturated rings. The fourth-order valence-corrected chi connectivity index (χ4v) is 2.50. The van der Waals surface area contributed by atoms with Gasteiger partial charge in [-0.2, -0.15) is 13.5 Å². The van der Waals surface area contributed by atoms with Crippen LogP contribution in [0.1, 0.15) is 20.3 Å². The predicted octanol–water partition coefficient (Wildman–Crippen LogP) is 1.68. The maximum atomic E-state index is 12.1. The number of rotatable bonds is 3. The maximum absolute atomic E-state index is 12.1. The molecular weight excluding hydrogens is 268 g/mol. The molecule has 0 aromatic heterocycles. The van der Waals surface area contributed by atoms with Crippen molar-refractivity contribution in [2.24, 2.45) is 11.0 Å². The molecule has 1 atom stereocenters. The average Bonchev–Trinajstić information content (AvgIpc) is 2.63. The third kappa shape index (κ3) is 2.52. The molecule has 1 unspecified atom stereocenters. The molecule has 0 saturated heterocycles. The topological polar surface area (TPSA) is 87.0 Å². The van der Waals surface area contributed by atoms with Crippen LogP contribution in [0.25, 0.3) is 0 Å². The molecule has 0 spiro atoms. The number of hydrogen-bond donors (Lipinski definition) is 1. The van der Waals surface area contributed by atoms with E-state index in [1.54, 1.807) is 6.92 Å². The molecule has 7 heteroatoms. The van der Waals surface area contributed by atoms with Crippen LogP contribution in [0.3, 0.4) is 0 Å². The highest BCUT2D eigenvalue weighted by molar-refractivity contribution is 7.85. The standard InChI is InChI=1S/C12H14N2O4S/c1-3-11-8(2)13-14(12(11)15)9-4-6-10(7-5-9)19(16,17)18/h4-7,11H,3H2,1-2H3,(H,16,17,18). The van der Waals surface area contributed by atoms with Gasteiger partial charge in [0.1, 0.15) is 0 Å². The first-order chi connectivity index (χ1) is 8.84. The van der Waals surface area contributed by atoms with Gasteiger partial charge < -0.3 is 0 Å². The van der Waals surface area contributed by atoms with Gasteiger partial charge in [0, 0.05) is 5.71 Å². The Hall–Kier alpha value is -1.73. The van der Waals surface area contributed by atoms with Crippen LogP contribution in [0.15, 0.2) is 34.3 Å². The van der Waals surface area contributed by atoms with Crippen molar-refractivity contribution in [2.75, 3.05) is 5.01 Å². The van der Waals surface area contributed by atoms with Crippen molar-refractivity contribution in [1.29, 1.82) is 0 Å². The Kier molecular flexibility index (Phi) is 3.42. The van der Waals surface area contributed by atoms with E-state index in [0.717, 1.165) is 5.71 Å². The first-order valence-electron chi connectivity index (χ1n) is 5.81. The van der Waals surface area contributed by atoms with E-state index in [2.05, 4.69) is 5.10 Å². The molecule has 0 aliphatic carbocycles. The molecule has 0 saturated carbocycles. The number of benzene rings is 1. The van der Waals surface area contributed by atoms with Crippen molar-refractivity contribution in [3.05, 3.63) is 24.3 Å². The first-order valence-corrected chi connectivity index (χ1v) is 7.25. The zero-order chi connectivity index (χ0) is 14.2.